The molecule has 1 aromatic carbocycles. The zero-order chi connectivity index (χ0) is 13.0. The Kier molecular flexibility index (Phi) is 3.66. The van der Waals surface area contributed by atoms with Gasteiger partial charge in [0.1, 0.15) is 17.7 Å². The van der Waals surface area contributed by atoms with Crippen LogP contribution < -0.4 is 10.6 Å². The molecule has 5 heteroatoms. The number of aromatic nitrogens is 1. The number of hydrogen-bond donors (Lipinski definition) is 2. The normalized spacial score (nSPS) is 9.61. The van der Waals surface area contributed by atoms with E-state index < -0.39 is 0 Å². The zero-order valence-corrected chi connectivity index (χ0v) is 10.5. The van der Waals surface area contributed by atoms with E-state index in [1.54, 1.807) is 18.2 Å². The molecule has 0 aliphatic heterocycles. The summed E-state index contributed by atoms with van der Waals surface area (Å²) in [5.41, 5.74) is 1.25. The van der Waals surface area contributed by atoms with Gasteiger partial charge in [0, 0.05) is 12.7 Å². The van der Waals surface area contributed by atoms with Gasteiger partial charge in [-0.05, 0) is 30.3 Å². The molecule has 0 unspecified atom stereocenters. The quantitative estimate of drug-likeness (QED) is 0.886. The van der Waals surface area contributed by atoms with Crippen molar-refractivity contribution in [3.63, 3.8) is 0 Å². The second-order valence-electron chi connectivity index (χ2n) is 3.59. The summed E-state index contributed by atoms with van der Waals surface area (Å²) in [5.74, 6) is 1.49. The molecule has 0 bridgehead atoms. The highest BCUT2D eigenvalue weighted by molar-refractivity contribution is 6.32. The summed E-state index contributed by atoms with van der Waals surface area (Å²) in [7, 11) is 1.81. The lowest BCUT2D eigenvalue weighted by molar-refractivity contribution is 1.28. The lowest BCUT2D eigenvalue weighted by Crippen LogP contribution is -1.97. The predicted octanol–water partition coefficient (Wildman–Crippen LogP) is 3.39. The standard InChI is InChI=1S/C13H11ClN4/c1-16-12-3-2-4-13(18-12)17-10-6-5-9(8-15)11(14)7-10/h2-7H,1H3,(H2,16,17,18). The van der Waals surface area contributed by atoms with Crippen LogP contribution in [0.25, 0.3) is 0 Å². The van der Waals surface area contributed by atoms with E-state index in [9.17, 15) is 0 Å². The number of anilines is 3. The van der Waals surface area contributed by atoms with Gasteiger partial charge in [-0.15, -0.1) is 0 Å². The van der Waals surface area contributed by atoms with E-state index in [0.29, 0.717) is 16.4 Å². The summed E-state index contributed by atoms with van der Waals surface area (Å²) < 4.78 is 0. The maximum Gasteiger partial charge on any atom is 0.132 e. The maximum absolute atomic E-state index is 8.79. The van der Waals surface area contributed by atoms with E-state index in [4.69, 9.17) is 16.9 Å². The highest BCUT2D eigenvalue weighted by Crippen LogP contribution is 2.23. The van der Waals surface area contributed by atoms with Crippen molar-refractivity contribution in [2.45, 2.75) is 0 Å². The Bertz CT molecular complexity index is 604. The van der Waals surface area contributed by atoms with Crippen LogP contribution in [0.1, 0.15) is 5.56 Å². The van der Waals surface area contributed by atoms with Crippen molar-refractivity contribution in [3.8, 4) is 6.07 Å². The number of rotatable bonds is 3. The van der Waals surface area contributed by atoms with E-state index in [1.807, 2.05) is 31.3 Å². The Balaban J connectivity index is 2.23. The molecule has 2 rings (SSSR count). The Morgan fingerprint density at radius 3 is 2.67 bits per heavy atom. The minimum Gasteiger partial charge on any atom is -0.373 e. The fourth-order valence-corrected chi connectivity index (χ4v) is 1.70. The predicted molar refractivity (Wildman–Crippen MR) is 73.2 cm³/mol. The minimum absolute atomic E-state index is 0.423. The third-order valence-corrected chi connectivity index (χ3v) is 2.68. The highest BCUT2D eigenvalue weighted by Gasteiger charge is 2.02. The van der Waals surface area contributed by atoms with Crippen LogP contribution in [0.5, 0.6) is 0 Å². The molecular formula is C13H11ClN4. The Morgan fingerprint density at radius 2 is 2.00 bits per heavy atom. The topological polar surface area (TPSA) is 60.7 Å². The van der Waals surface area contributed by atoms with Crippen LogP contribution in [-0.4, -0.2) is 12.0 Å². The molecule has 0 atom stereocenters. The Labute approximate surface area is 110 Å². The second kappa shape index (κ2) is 5.39. The number of halogens is 1. The number of nitrogens with one attached hydrogen (secondary N) is 2. The molecule has 0 amide bonds. The van der Waals surface area contributed by atoms with Crippen LogP contribution in [0.15, 0.2) is 36.4 Å². The van der Waals surface area contributed by atoms with Crippen LogP contribution in [-0.2, 0) is 0 Å². The van der Waals surface area contributed by atoms with Crippen molar-refractivity contribution in [2.75, 3.05) is 17.7 Å². The SMILES string of the molecule is CNc1cccc(Nc2ccc(C#N)c(Cl)c2)n1. The molecule has 0 aliphatic rings. The van der Waals surface area contributed by atoms with Crippen molar-refractivity contribution in [2.24, 2.45) is 0 Å². The largest absolute Gasteiger partial charge is 0.373 e. The van der Waals surface area contributed by atoms with E-state index in [-0.39, 0.29) is 0 Å². The van der Waals surface area contributed by atoms with Crippen LogP contribution in [0, 0.1) is 11.3 Å². The first kappa shape index (κ1) is 12.2. The van der Waals surface area contributed by atoms with E-state index in [1.165, 1.54) is 0 Å². The van der Waals surface area contributed by atoms with Gasteiger partial charge >= 0.3 is 0 Å². The van der Waals surface area contributed by atoms with Gasteiger partial charge in [-0.2, -0.15) is 5.26 Å². The van der Waals surface area contributed by atoms with E-state index in [0.717, 1.165) is 11.5 Å². The number of pyridine rings is 1. The van der Waals surface area contributed by atoms with E-state index in [2.05, 4.69) is 15.6 Å². The van der Waals surface area contributed by atoms with Crippen LogP contribution in [0.2, 0.25) is 5.02 Å². The van der Waals surface area contributed by atoms with Gasteiger partial charge in [0.25, 0.3) is 0 Å². The summed E-state index contributed by atoms with van der Waals surface area (Å²) in [4.78, 5) is 4.33. The Hall–Kier alpha value is -2.25. The number of nitriles is 1. The summed E-state index contributed by atoms with van der Waals surface area (Å²) in [5, 5.41) is 15.3. The van der Waals surface area contributed by atoms with Gasteiger partial charge in [-0.1, -0.05) is 17.7 Å². The summed E-state index contributed by atoms with van der Waals surface area (Å²) in [6, 6.07) is 12.8. The minimum atomic E-state index is 0.423. The molecule has 2 N–H and O–H groups in total. The van der Waals surface area contributed by atoms with Gasteiger partial charge in [0.15, 0.2) is 0 Å². The summed E-state index contributed by atoms with van der Waals surface area (Å²) in [6.45, 7) is 0. The van der Waals surface area contributed by atoms with Crippen molar-refractivity contribution >= 4 is 28.9 Å². The first-order valence-electron chi connectivity index (χ1n) is 5.34. The average molecular weight is 259 g/mol. The second-order valence-corrected chi connectivity index (χ2v) is 4.00. The Morgan fingerprint density at radius 1 is 1.22 bits per heavy atom. The summed E-state index contributed by atoms with van der Waals surface area (Å²) >= 11 is 5.96. The highest BCUT2D eigenvalue weighted by atomic mass is 35.5. The molecule has 2 aromatic rings. The third kappa shape index (κ3) is 2.70. The smallest absolute Gasteiger partial charge is 0.132 e. The fraction of sp³-hybridized carbons (Fsp3) is 0.0769. The number of benzene rings is 1. The van der Waals surface area contributed by atoms with Crippen LogP contribution >= 0.6 is 11.6 Å². The molecule has 0 saturated carbocycles. The zero-order valence-electron chi connectivity index (χ0n) is 9.74. The molecule has 1 heterocycles. The lowest BCUT2D eigenvalue weighted by Gasteiger charge is -2.08. The molecule has 0 aliphatic carbocycles. The molecule has 90 valence electrons. The number of nitrogens with zero attached hydrogens (tertiary/aromatic N) is 2. The molecule has 18 heavy (non-hydrogen) atoms. The van der Waals surface area contributed by atoms with Gasteiger partial charge < -0.3 is 10.6 Å². The number of hydrogen-bond acceptors (Lipinski definition) is 4. The van der Waals surface area contributed by atoms with Crippen molar-refractivity contribution in [3.05, 3.63) is 47.0 Å². The van der Waals surface area contributed by atoms with Gasteiger partial charge in [0.05, 0.1) is 10.6 Å². The molecule has 1 aromatic heterocycles. The molecule has 0 saturated heterocycles. The van der Waals surface area contributed by atoms with Gasteiger partial charge in [-0.3, -0.25) is 0 Å². The van der Waals surface area contributed by atoms with Crippen LogP contribution in [0.4, 0.5) is 17.3 Å². The van der Waals surface area contributed by atoms with Crippen molar-refractivity contribution in [1.29, 1.82) is 5.26 Å². The molecule has 0 radical (unpaired) electrons. The first-order chi connectivity index (χ1) is 8.72. The molecular weight excluding hydrogens is 248 g/mol. The molecule has 0 spiro atoms. The van der Waals surface area contributed by atoms with Crippen molar-refractivity contribution in [1.82, 2.24) is 4.98 Å². The van der Waals surface area contributed by atoms with Crippen LogP contribution in [0.3, 0.4) is 0 Å². The monoisotopic (exact) mass is 258 g/mol. The van der Waals surface area contributed by atoms with E-state index >= 15 is 0 Å². The van der Waals surface area contributed by atoms with Gasteiger partial charge in [-0.25, -0.2) is 4.98 Å². The summed E-state index contributed by atoms with van der Waals surface area (Å²) in [6.07, 6.45) is 0. The molecule has 0 fully saturated rings. The molecule has 4 nitrogen and oxygen atoms in total. The van der Waals surface area contributed by atoms with Gasteiger partial charge in [0.2, 0.25) is 0 Å². The lowest BCUT2D eigenvalue weighted by atomic mass is 10.2. The fourth-order valence-electron chi connectivity index (χ4n) is 1.47. The third-order valence-electron chi connectivity index (χ3n) is 2.37. The van der Waals surface area contributed by atoms with Crippen molar-refractivity contribution < 1.29 is 0 Å². The first-order valence-corrected chi connectivity index (χ1v) is 5.72. The maximum atomic E-state index is 8.79. The average Bonchev–Trinajstić information content (AvgIpc) is 2.39.